The molecule has 0 aromatic carbocycles. The Labute approximate surface area is 116 Å². The monoisotopic (exact) mass is 276 g/mol. The average Bonchev–Trinajstić information content (AvgIpc) is 2.80. The van der Waals surface area contributed by atoms with Crippen molar-refractivity contribution in [2.75, 3.05) is 11.9 Å². The van der Waals surface area contributed by atoms with Gasteiger partial charge in [0.2, 0.25) is 0 Å². The van der Waals surface area contributed by atoms with Crippen LogP contribution in [-0.2, 0) is 0 Å². The molecule has 4 N–H and O–H groups in total. The zero-order chi connectivity index (χ0) is 14.1. The van der Waals surface area contributed by atoms with Gasteiger partial charge in [-0.1, -0.05) is 12.8 Å². The Morgan fingerprint density at radius 2 is 2.30 bits per heavy atom. The van der Waals surface area contributed by atoms with Crippen LogP contribution in [0.25, 0.3) is 5.65 Å². The summed E-state index contributed by atoms with van der Waals surface area (Å²) in [7, 11) is 0. The van der Waals surface area contributed by atoms with Crippen molar-refractivity contribution in [2.24, 2.45) is 11.7 Å². The maximum atomic E-state index is 11.5. The first kappa shape index (κ1) is 13.1. The van der Waals surface area contributed by atoms with E-state index in [1.54, 1.807) is 13.0 Å². The summed E-state index contributed by atoms with van der Waals surface area (Å²) in [5.74, 6) is 1.85. The molecule has 20 heavy (non-hydrogen) atoms. The molecule has 0 bridgehead atoms. The van der Waals surface area contributed by atoms with Gasteiger partial charge < -0.3 is 11.1 Å². The number of nitrogens with zero attached hydrogens (tertiary/aromatic N) is 3. The van der Waals surface area contributed by atoms with Crippen molar-refractivity contribution in [3.8, 4) is 0 Å². The van der Waals surface area contributed by atoms with Crippen molar-refractivity contribution in [3.63, 3.8) is 0 Å². The van der Waals surface area contributed by atoms with Crippen LogP contribution in [0.4, 0.5) is 5.82 Å². The van der Waals surface area contributed by atoms with E-state index in [0.29, 0.717) is 17.4 Å². The summed E-state index contributed by atoms with van der Waals surface area (Å²) in [5, 5.41) is 9.72. The van der Waals surface area contributed by atoms with Crippen LogP contribution in [-0.4, -0.2) is 32.2 Å². The zero-order valence-corrected chi connectivity index (χ0v) is 11.6. The minimum atomic E-state index is -0.258. The first-order chi connectivity index (χ1) is 9.65. The summed E-state index contributed by atoms with van der Waals surface area (Å²) in [6.07, 6.45) is 4.75. The van der Waals surface area contributed by atoms with Crippen LogP contribution < -0.4 is 16.7 Å². The summed E-state index contributed by atoms with van der Waals surface area (Å²) in [5.41, 5.74) is 6.47. The fourth-order valence-electron chi connectivity index (χ4n) is 2.91. The summed E-state index contributed by atoms with van der Waals surface area (Å²) >= 11 is 0. The van der Waals surface area contributed by atoms with Gasteiger partial charge in [-0.05, 0) is 25.7 Å². The molecule has 2 heterocycles. The molecule has 1 aliphatic rings. The number of aromatic nitrogens is 4. The lowest BCUT2D eigenvalue weighted by Crippen LogP contribution is -2.37. The third kappa shape index (κ3) is 2.40. The van der Waals surface area contributed by atoms with E-state index in [0.717, 1.165) is 25.2 Å². The largest absolute Gasteiger partial charge is 0.370 e. The first-order valence-corrected chi connectivity index (χ1v) is 7.09. The number of rotatable bonds is 3. The van der Waals surface area contributed by atoms with Crippen LogP contribution in [0.3, 0.4) is 0 Å². The molecule has 0 spiro atoms. The summed E-state index contributed by atoms with van der Waals surface area (Å²) in [6.45, 7) is 2.61. The fourth-order valence-corrected chi connectivity index (χ4v) is 2.91. The molecule has 1 fully saturated rings. The quantitative estimate of drug-likeness (QED) is 0.764. The van der Waals surface area contributed by atoms with E-state index in [4.69, 9.17) is 5.73 Å². The predicted octanol–water partition coefficient (Wildman–Crippen LogP) is 0.655. The lowest BCUT2D eigenvalue weighted by Gasteiger charge is -2.28. The molecule has 7 nitrogen and oxygen atoms in total. The third-order valence-corrected chi connectivity index (χ3v) is 4.08. The highest BCUT2D eigenvalue weighted by Crippen LogP contribution is 2.23. The number of hydrogen-bond acceptors (Lipinski definition) is 5. The second-order valence-electron chi connectivity index (χ2n) is 5.50. The van der Waals surface area contributed by atoms with E-state index in [2.05, 4.69) is 20.5 Å². The Balaban J connectivity index is 1.76. The highest BCUT2D eigenvalue weighted by atomic mass is 16.1. The molecule has 7 heteroatoms. The normalized spacial score (nSPS) is 23.1. The van der Waals surface area contributed by atoms with Gasteiger partial charge in [0.25, 0.3) is 0 Å². The van der Waals surface area contributed by atoms with Crippen LogP contribution in [0.15, 0.2) is 10.9 Å². The molecule has 2 aromatic heterocycles. The average molecular weight is 276 g/mol. The molecule has 1 aliphatic carbocycles. The number of nitrogens with one attached hydrogen (secondary N) is 2. The fraction of sp³-hybridized carbons (Fsp3) is 0.615. The van der Waals surface area contributed by atoms with Gasteiger partial charge in [0.1, 0.15) is 11.6 Å². The molecule has 2 aromatic rings. The van der Waals surface area contributed by atoms with E-state index in [9.17, 15) is 4.79 Å². The van der Waals surface area contributed by atoms with Gasteiger partial charge in [-0.15, -0.1) is 0 Å². The minimum absolute atomic E-state index is 0.258. The third-order valence-electron chi connectivity index (χ3n) is 4.08. The number of aromatic amines is 1. The smallest absolute Gasteiger partial charge is 0.349 e. The van der Waals surface area contributed by atoms with Crippen molar-refractivity contribution in [1.82, 2.24) is 19.6 Å². The predicted molar refractivity (Wildman–Crippen MR) is 76.8 cm³/mol. The highest BCUT2D eigenvalue weighted by Gasteiger charge is 2.21. The van der Waals surface area contributed by atoms with E-state index in [-0.39, 0.29) is 11.7 Å². The first-order valence-electron chi connectivity index (χ1n) is 7.09. The van der Waals surface area contributed by atoms with Gasteiger partial charge in [0.15, 0.2) is 5.65 Å². The van der Waals surface area contributed by atoms with E-state index >= 15 is 0 Å². The van der Waals surface area contributed by atoms with Gasteiger partial charge in [-0.3, -0.25) is 0 Å². The Morgan fingerprint density at radius 3 is 3.10 bits per heavy atom. The zero-order valence-electron chi connectivity index (χ0n) is 11.6. The Morgan fingerprint density at radius 1 is 1.50 bits per heavy atom. The van der Waals surface area contributed by atoms with Crippen LogP contribution >= 0.6 is 0 Å². The number of aryl methyl sites for hydroxylation is 1. The SMILES string of the molecule is Cc1nc(NCC2CCCCC2N)cc2n[nH]c(=O)n12. The van der Waals surface area contributed by atoms with Gasteiger partial charge in [-0.2, -0.15) is 5.10 Å². The molecule has 0 amide bonds. The van der Waals surface area contributed by atoms with Crippen molar-refractivity contribution in [2.45, 2.75) is 38.6 Å². The van der Waals surface area contributed by atoms with Gasteiger partial charge in [0.05, 0.1) is 0 Å². The number of nitrogens with two attached hydrogens (primary N) is 1. The van der Waals surface area contributed by atoms with E-state index in [1.165, 1.54) is 17.2 Å². The maximum Gasteiger partial charge on any atom is 0.349 e. The number of hydrogen-bond donors (Lipinski definition) is 3. The molecular weight excluding hydrogens is 256 g/mol. The Bertz CT molecular complexity index is 660. The van der Waals surface area contributed by atoms with Crippen molar-refractivity contribution in [3.05, 3.63) is 22.4 Å². The van der Waals surface area contributed by atoms with Crippen LogP contribution in [0.1, 0.15) is 31.5 Å². The second-order valence-corrected chi connectivity index (χ2v) is 5.50. The minimum Gasteiger partial charge on any atom is -0.370 e. The van der Waals surface area contributed by atoms with Gasteiger partial charge in [-0.25, -0.2) is 19.3 Å². The molecule has 108 valence electrons. The molecule has 0 saturated heterocycles. The summed E-state index contributed by atoms with van der Waals surface area (Å²) < 4.78 is 1.46. The Kier molecular flexibility index (Phi) is 3.43. The molecule has 0 radical (unpaired) electrons. The molecule has 2 unspecified atom stereocenters. The van der Waals surface area contributed by atoms with Crippen molar-refractivity contribution in [1.29, 1.82) is 0 Å². The molecule has 2 atom stereocenters. The Hall–Kier alpha value is -1.89. The molecule has 3 rings (SSSR count). The van der Waals surface area contributed by atoms with E-state index in [1.807, 2.05) is 0 Å². The molecular formula is C13H20N6O. The number of fused-ring (bicyclic) bond motifs is 1. The highest BCUT2D eigenvalue weighted by molar-refractivity contribution is 5.49. The molecule has 1 saturated carbocycles. The van der Waals surface area contributed by atoms with Crippen molar-refractivity contribution < 1.29 is 0 Å². The van der Waals surface area contributed by atoms with E-state index < -0.39 is 0 Å². The topological polar surface area (TPSA) is 101 Å². The van der Waals surface area contributed by atoms with Crippen LogP contribution in [0, 0.1) is 12.8 Å². The lowest BCUT2D eigenvalue weighted by molar-refractivity contribution is 0.321. The van der Waals surface area contributed by atoms with Gasteiger partial charge >= 0.3 is 5.69 Å². The summed E-state index contributed by atoms with van der Waals surface area (Å²) in [6, 6.07) is 2.05. The van der Waals surface area contributed by atoms with Crippen LogP contribution in [0.5, 0.6) is 0 Å². The maximum absolute atomic E-state index is 11.5. The second kappa shape index (κ2) is 5.24. The standard InChI is InChI=1S/C13H20N6O/c1-8-16-11(6-12-17-18-13(20)19(8)12)15-7-9-4-2-3-5-10(9)14/h6,9-10,15H,2-5,7,14H2,1H3,(H,18,20). The van der Waals surface area contributed by atoms with Crippen LogP contribution in [0.2, 0.25) is 0 Å². The number of H-pyrrole nitrogens is 1. The van der Waals surface area contributed by atoms with Gasteiger partial charge in [0, 0.05) is 18.7 Å². The molecule has 0 aliphatic heterocycles. The number of anilines is 1. The summed E-state index contributed by atoms with van der Waals surface area (Å²) in [4.78, 5) is 15.9. The lowest BCUT2D eigenvalue weighted by atomic mass is 9.85. The van der Waals surface area contributed by atoms with Crippen molar-refractivity contribution >= 4 is 11.5 Å².